The van der Waals surface area contributed by atoms with Gasteiger partial charge in [0.15, 0.2) is 0 Å². The molecule has 2 nitrogen and oxygen atoms in total. The predicted molar refractivity (Wildman–Crippen MR) is 194 cm³/mol. The summed E-state index contributed by atoms with van der Waals surface area (Å²) in [5.74, 6) is 0. The normalized spacial score (nSPS) is 11.9. The van der Waals surface area contributed by atoms with Gasteiger partial charge < -0.3 is 9.98 Å². The summed E-state index contributed by atoms with van der Waals surface area (Å²) < 4.78 is 2.40. The lowest BCUT2D eigenvalue weighted by Crippen LogP contribution is -1.95. The molecule has 0 aliphatic heterocycles. The highest BCUT2D eigenvalue weighted by Crippen LogP contribution is 2.39. The van der Waals surface area contributed by atoms with E-state index in [4.69, 9.17) is 5.41 Å². The van der Waals surface area contributed by atoms with Crippen molar-refractivity contribution in [3.05, 3.63) is 170 Å². The first-order valence-electron chi connectivity index (χ1n) is 15.2. The van der Waals surface area contributed by atoms with Crippen LogP contribution in [0.25, 0.3) is 76.9 Å². The van der Waals surface area contributed by atoms with Crippen LogP contribution in [0.1, 0.15) is 5.56 Å². The van der Waals surface area contributed by atoms with Gasteiger partial charge in [0.1, 0.15) is 0 Å². The van der Waals surface area contributed by atoms with Gasteiger partial charge in [0.2, 0.25) is 0 Å². The van der Waals surface area contributed by atoms with Gasteiger partial charge in [-0.2, -0.15) is 0 Å². The molecule has 7 aromatic carbocycles. The molecule has 0 amide bonds. The Morgan fingerprint density at radius 3 is 2.09 bits per heavy atom. The molecule has 212 valence electrons. The Balaban J connectivity index is 1.31. The minimum atomic E-state index is 0.840. The standard InChI is InChI=1S/C43H30N2/c1-2-9-35(28-44)32-20-23-39-34(26-32)22-25-41-40-24-21-33(27-42(40)45(43(39)41)36-12-4-3-5-13-36)29-16-18-31(19-17-29)38-15-8-11-30-10-6-7-14-37(30)38/h2-28,44H,1H2/b35-9+,44-28?. The molecule has 0 saturated carbocycles. The minimum absolute atomic E-state index is 0.840. The fraction of sp³-hybridized carbons (Fsp3) is 0. The lowest BCUT2D eigenvalue weighted by atomic mass is 9.96. The highest BCUT2D eigenvalue weighted by atomic mass is 15.0. The number of nitrogens with zero attached hydrogens (tertiary/aromatic N) is 1. The number of rotatable bonds is 6. The van der Waals surface area contributed by atoms with Crippen LogP contribution in [0.5, 0.6) is 0 Å². The van der Waals surface area contributed by atoms with Crippen LogP contribution in [0.15, 0.2) is 164 Å². The molecular formula is C43H30N2. The van der Waals surface area contributed by atoms with E-state index in [1.807, 2.05) is 6.08 Å². The summed E-state index contributed by atoms with van der Waals surface area (Å²) in [4.78, 5) is 0. The number of nitrogens with one attached hydrogen (secondary N) is 1. The van der Waals surface area contributed by atoms with E-state index in [1.165, 1.54) is 66.4 Å². The third kappa shape index (κ3) is 4.47. The number of fused-ring (bicyclic) bond motifs is 6. The zero-order valence-electron chi connectivity index (χ0n) is 24.7. The van der Waals surface area contributed by atoms with Crippen LogP contribution in [0.4, 0.5) is 0 Å². The Morgan fingerprint density at radius 1 is 0.556 bits per heavy atom. The molecule has 0 atom stereocenters. The topological polar surface area (TPSA) is 28.8 Å². The molecule has 0 bridgehead atoms. The molecule has 0 saturated heterocycles. The van der Waals surface area contributed by atoms with Crippen molar-refractivity contribution >= 4 is 55.1 Å². The van der Waals surface area contributed by atoms with Crippen LogP contribution in [-0.4, -0.2) is 10.8 Å². The van der Waals surface area contributed by atoms with E-state index < -0.39 is 0 Å². The van der Waals surface area contributed by atoms with E-state index in [1.54, 1.807) is 6.08 Å². The Hall–Kier alpha value is -5.99. The van der Waals surface area contributed by atoms with Gasteiger partial charge in [-0.25, -0.2) is 0 Å². The Kier molecular flexibility index (Phi) is 6.47. The predicted octanol–water partition coefficient (Wildman–Crippen LogP) is 11.6. The number of benzene rings is 7. The van der Waals surface area contributed by atoms with Gasteiger partial charge in [-0.05, 0) is 73.8 Å². The lowest BCUT2D eigenvalue weighted by Gasteiger charge is -2.12. The summed E-state index contributed by atoms with van der Waals surface area (Å²) in [5.41, 5.74) is 10.2. The van der Waals surface area contributed by atoms with Crippen LogP contribution < -0.4 is 0 Å². The maximum atomic E-state index is 7.89. The Morgan fingerprint density at radius 2 is 1.27 bits per heavy atom. The minimum Gasteiger partial charge on any atom is -0.309 e. The lowest BCUT2D eigenvalue weighted by molar-refractivity contribution is 1.19. The van der Waals surface area contributed by atoms with Crippen molar-refractivity contribution in [1.82, 2.24) is 4.57 Å². The summed E-state index contributed by atoms with van der Waals surface area (Å²) in [6, 6.07) is 52.4. The van der Waals surface area contributed by atoms with Gasteiger partial charge in [-0.15, -0.1) is 0 Å². The second kappa shape index (κ2) is 10.9. The maximum Gasteiger partial charge on any atom is 0.0619 e. The number of hydrogen-bond donors (Lipinski definition) is 1. The molecule has 2 heteroatoms. The monoisotopic (exact) mass is 574 g/mol. The van der Waals surface area contributed by atoms with E-state index >= 15 is 0 Å². The smallest absolute Gasteiger partial charge is 0.0619 e. The van der Waals surface area contributed by atoms with Crippen molar-refractivity contribution in [1.29, 1.82) is 5.41 Å². The zero-order valence-corrected chi connectivity index (χ0v) is 24.7. The number of hydrogen-bond acceptors (Lipinski definition) is 1. The fourth-order valence-electron chi connectivity index (χ4n) is 6.71. The summed E-state index contributed by atoms with van der Waals surface area (Å²) >= 11 is 0. The van der Waals surface area contributed by atoms with Gasteiger partial charge >= 0.3 is 0 Å². The van der Waals surface area contributed by atoms with Crippen LogP contribution in [-0.2, 0) is 0 Å². The highest BCUT2D eigenvalue weighted by Gasteiger charge is 2.16. The average Bonchev–Trinajstić information content (AvgIpc) is 3.44. The van der Waals surface area contributed by atoms with Crippen molar-refractivity contribution in [2.24, 2.45) is 0 Å². The summed E-state index contributed by atoms with van der Waals surface area (Å²) in [6.07, 6.45) is 5.00. The van der Waals surface area contributed by atoms with Gasteiger partial charge in [0.05, 0.1) is 11.0 Å². The molecule has 1 aromatic heterocycles. The van der Waals surface area contributed by atoms with E-state index in [9.17, 15) is 0 Å². The van der Waals surface area contributed by atoms with Crippen molar-refractivity contribution in [2.75, 3.05) is 0 Å². The van der Waals surface area contributed by atoms with Crippen molar-refractivity contribution in [2.45, 2.75) is 0 Å². The Labute approximate surface area is 262 Å². The van der Waals surface area contributed by atoms with Gasteiger partial charge in [0.25, 0.3) is 0 Å². The molecule has 45 heavy (non-hydrogen) atoms. The quantitative estimate of drug-likeness (QED) is 0.151. The van der Waals surface area contributed by atoms with Crippen molar-refractivity contribution < 1.29 is 0 Å². The fourth-order valence-corrected chi connectivity index (χ4v) is 6.71. The average molecular weight is 575 g/mol. The molecule has 1 heterocycles. The SMILES string of the molecule is C=C/C=C(\C=N)c1ccc2c(ccc3c4ccc(-c5ccc(-c6cccc7ccccc67)cc5)cc4n(-c4ccccc4)c23)c1. The molecule has 0 spiro atoms. The summed E-state index contributed by atoms with van der Waals surface area (Å²) in [5, 5.41) is 15.2. The zero-order chi connectivity index (χ0) is 30.3. The van der Waals surface area contributed by atoms with Crippen molar-refractivity contribution in [3.63, 3.8) is 0 Å². The largest absolute Gasteiger partial charge is 0.309 e. The highest BCUT2D eigenvalue weighted by molar-refractivity contribution is 6.20. The van der Waals surface area contributed by atoms with Crippen molar-refractivity contribution in [3.8, 4) is 27.9 Å². The molecule has 1 N–H and O–H groups in total. The first-order valence-corrected chi connectivity index (χ1v) is 15.2. The molecule has 0 radical (unpaired) electrons. The summed E-state index contributed by atoms with van der Waals surface area (Å²) in [6.45, 7) is 3.82. The van der Waals surface area contributed by atoms with Crippen LogP contribution in [0.3, 0.4) is 0 Å². The first-order chi connectivity index (χ1) is 22.2. The van der Waals surface area contributed by atoms with Gasteiger partial charge in [-0.3, -0.25) is 0 Å². The number of allylic oxidation sites excluding steroid dienone is 3. The molecule has 0 aliphatic carbocycles. The number of aromatic nitrogens is 1. The Bertz CT molecular complexity index is 2440. The molecule has 0 aliphatic rings. The molecule has 8 rings (SSSR count). The van der Waals surface area contributed by atoms with E-state index in [2.05, 4.69) is 157 Å². The maximum absolute atomic E-state index is 7.89. The van der Waals surface area contributed by atoms with Crippen LogP contribution in [0.2, 0.25) is 0 Å². The van der Waals surface area contributed by atoms with E-state index in [0.29, 0.717) is 0 Å². The molecule has 8 aromatic rings. The summed E-state index contributed by atoms with van der Waals surface area (Å²) in [7, 11) is 0. The number of para-hydroxylation sites is 1. The molecule has 0 fully saturated rings. The van der Waals surface area contributed by atoms with E-state index in [0.717, 1.165) is 22.2 Å². The van der Waals surface area contributed by atoms with Gasteiger partial charge in [0, 0.05) is 28.1 Å². The second-order valence-electron chi connectivity index (χ2n) is 11.4. The van der Waals surface area contributed by atoms with Crippen LogP contribution >= 0.6 is 0 Å². The third-order valence-corrected chi connectivity index (χ3v) is 8.86. The van der Waals surface area contributed by atoms with Gasteiger partial charge in [-0.1, -0.05) is 140 Å². The van der Waals surface area contributed by atoms with Crippen LogP contribution in [0, 0.1) is 5.41 Å². The molecular weight excluding hydrogens is 544 g/mol. The molecule has 0 unspecified atom stereocenters. The first kappa shape index (κ1) is 26.6. The third-order valence-electron chi connectivity index (χ3n) is 8.86. The second-order valence-corrected chi connectivity index (χ2v) is 11.4. The van der Waals surface area contributed by atoms with E-state index in [-0.39, 0.29) is 0 Å².